The number of halogens is 2. The molecule has 2 aromatic carbocycles. The highest BCUT2D eigenvalue weighted by molar-refractivity contribution is 6.31. The van der Waals surface area contributed by atoms with E-state index < -0.39 is 5.82 Å². The van der Waals surface area contributed by atoms with Crippen molar-refractivity contribution in [1.82, 2.24) is 10.2 Å². The average Bonchev–Trinajstić information content (AvgIpc) is 2.56. The molecule has 5 heteroatoms. The quantitative estimate of drug-likeness (QED) is 0.738. The van der Waals surface area contributed by atoms with Crippen molar-refractivity contribution in [3.05, 3.63) is 70.5 Å². The molecule has 0 saturated heterocycles. The first kappa shape index (κ1) is 18.4. The topological polar surface area (TPSA) is 32.3 Å². The molecule has 0 unspecified atom stereocenters. The van der Waals surface area contributed by atoms with E-state index in [1.165, 1.54) is 17.7 Å². The van der Waals surface area contributed by atoms with E-state index in [1.54, 1.807) is 6.07 Å². The largest absolute Gasteiger partial charge is 0.356 e. The molecule has 0 heterocycles. The molecule has 2 rings (SSSR count). The minimum Gasteiger partial charge on any atom is -0.356 e. The van der Waals surface area contributed by atoms with Gasteiger partial charge in [0.05, 0.1) is 6.42 Å². The lowest BCUT2D eigenvalue weighted by Crippen LogP contribution is -2.29. The standard InChI is InChI=1S/C19H22ClFN2O/c1-23(14-15-7-3-2-4-8-15)12-6-11-22-19(24)13-16-17(20)9-5-10-18(16)21/h2-5,7-10H,6,11-14H2,1H3,(H,22,24). The van der Waals surface area contributed by atoms with Crippen molar-refractivity contribution < 1.29 is 9.18 Å². The van der Waals surface area contributed by atoms with Gasteiger partial charge >= 0.3 is 0 Å². The summed E-state index contributed by atoms with van der Waals surface area (Å²) in [5, 5.41) is 3.10. The molecule has 0 aromatic heterocycles. The second-order valence-corrected chi connectivity index (χ2v) is 6.21. The van der Waals surface area contributed by atoms with Crippen molar-refractivity contribution in [2.24, 2.45) is 0 Å². The van der Waals surface area contributed by atoms with Crippen molar-refractivity contribution in [1.29, 1.82) is 0 Å². The molecule has 0 aliphatic carbocycles. The molecule has 0 aliphatic heterocycles. The molecule has 1 N–H and O–H groups in total. The van der Waals surface area contributed by atoms with Crippen LogP contribution >= 0.6 is 11.6 Å². The van der Waals surface area contributed by atoms with Crippen LogP contribution in [0.4, 0.5) is 4.39 Å². The molecule has 24 heavy (non-hydrogen) atoms. The Morgan fingerprint density at radius 2 is 1.92 bits per heavy atom. The molecular weight excluding hydrogens is 327 g/mol. The van der Waals surface area contributed by atoms with E-state index in [-0.39, 0.29) is 22.9 Å². The lowest BCUT2D eigenvalue weighted by atomic mass is 10.1. The zero-order valence-corrected chi connectivity index (χ0v) is 14.5. The second kappa shape index (κ2) is 9.40. The van der Waals surface area contributed by atoms with E-state index in [0.717, 1.165) is 19.5 Å². The van der Waals surface area contributed by atoms with Crippen molar-refractivity contribution >= 4 is 17.5 Å². The summed E-state index contributed by atoms with van der Waals surface area (Å²) in [5.74, 6) is -0.659. The number of hydrogen-bond donors (Lipinski definition) is 1. The van der Waals surface area contributed by atoms with Crippen LogP contribution in [0.25, 0.3) is 0 Å². The number of nitrogens with zero attached hydrogens (tertiary/aromatic N) is 1. The van der Waals surface area contributed by atoms with Crippen LogP contribution in [0.2, 0.25) is 5.02 Å². The maximum absolute atomic E-state index is 13.6. The summed E-state index contributed by atoms with van der Waals surface area (Å²) in [6, 6.07) is 14.7. The number of benzene rings is 2. The predicted molar refractivity (Wildman–Crippen MR) is 95.5 cm³/mol. The summed E-state index contributed by atoms with van der Waals surface area (Å²) in [5.41, 5.74) is 1.51. The minimum atomic E-state index is -0.444. The van der Waals surface area contributed by atoms with E-state index in [2.05, 4.69) is 22.3 Å². The molecule has 128 valence electrons. The van der Waals surface area contributed by atoms with Crippen molar-refractivity contribution in [2.75, 3.05) is 20.1 Å². The zero-order valence-electron chi connectivity index (χ0n) is 13.8. The predicted octanol–water partition coefficient (Wildman–Crippen LogP) is 3.66. The van der Waals surface area contributed by atoms with Crippen LogP contribution in [0.15, 0.2) is 48.5 Å². The summed E-state index contributed by atoms with van der Waals surface area (Å²) in [4.78, 5) is 14.1. The fourth-order valence-electron chi connectivity index (χ4n) is 2.48. The van der Waals surface area contributed by atoms with Crippen LogP contribution in [0.3, 0.4) is 0 Å². The monoisotopic (exact) mass is 348 g/mol. The molecule has 2 aromatic rings. The van der Waals surface area contributed by atoms with E-state index in [9.17, 15) is 9.18 Å². The Morgan fingerprint density at radius 3 is 2.62 bits per heavy atom. The minimum absolute atomic E-state index is 0.0363. The van der Waals surface area contributed by atoms with Crippen LogP contribution in [-0.4, -0.2) is 30.9 Å². The molecular formula is C19H22ClFN2O. The number of nitrogens with one attached hydrogen (secondary N) is 1. The van der Waals surface area contributed by atoms with Crippen LogP contribution in [0.1, 0.15) is 17.5 Å². The Balaban J connectivity index is 1.67. The molecule has 0 spiro atoms. The number of rotatable bonds is 8. The fraction of sp³-hybridized carbons (Fsp3) is 0.316. The highest BCUT2D eigenvalue weighted by Gasteiger charge is 2.11. The Labute approximate surface area is 147 Å². The fourth-order valence-corrected chi connectivity index (χ4v) is 2.71. The van der Waals surface area contributed by atoms with Gasteiger partial charge in [-0.15, -0.1) is 0 Å². The summed E-state index contributed by atoms with van der Waals surface area (Å²) in [7, 11) is 2.05. The number of carbonyl (C=O) groups excluding carboxylic acids is 1. The summed E-state index contributed by atoms with van der Waals surface area (Å²) < 4.78 is 13.6. The first-order valence-corrected chi connectivity index (χ1v) is 8.36. The van der Waals surface area contributed by atoms with Gasteiger partial charge in [-0.3, -0.25) is 4.79 Å². The van der Waals surface area contributed by atoms with Gasteiger partial charge in [0.1, 0.15) is 5.82 Å². The van der Waals surface area contributed by atoms with E-state index in [4.69, 9.17) is 11.6 Å². The molecule has 0 fully saturated rings. The molecule has 0 saturated carbocycles. The Kier molecular flexibility index (Phi) is 7.22. The van der Waals surface area contributed by atoms with Gasteiger partial charge < -0.3 is 10.2 Å². The second-order valence-electron chi connectivity index (χ2n) is 5.80. The van der Waals surface area contributed by atoms with Gasteiger partial charge in [-0.2, -0.15) is 0 Å². The third-order valence-electron chi connectivity index (χ3n) is 3.73. The molecule has 0 radical (unpaired) electrons. The Morgan fingerprint density at radius 1 is 1.17 bits per heavy atom. The molecule has 0 aliphatic rings. The zero-order chi connectivity index (χ0) is 17.4. The first-order valence-electron chi connectivity index (χ1n) is 7.98. The third-order valence-corrected chi connectivity index (χ3v) is 4.09. The highest BCUT2D eigenvalue weighted by atomic mass is 35.5. The highest BCUT2D eigenvalue weighted by Crippen LogP contribution is 2.19. The van der Waals surface area contributed by atoms with Gasteiger partial charge in [0.25, 0.3) is 0 Å². The summed E-state index contributed by atoms with van der Waals surface area (Å²) in [6.07, 6.45) is 0.797. The van der Waals surface area contributed by atoms with Gasteiger partial charge in [0.15, 0.2) is 0 Å². The van der Waals surface area contributed by atoms with Gasteiger partial charge in [-0.25, -0.2) is 4.39 Å². The number of amides is 1. The van der Waals surface area contributed by atoms with Crippen molar-refractivity contribution in [2.45, 2.75) is 19.4 Å². The van der Waals surface area contributed by atoms with Crippen LogP contribution in [-0.2, 0) is 17.8 Å². The van der Waals surface area contributed by atoms with E-state index in [0.29, 0.717) is 6.54 Å². The number of carbonyl (C=O) groups is 1. The lowest BCUT2D eigenvalue weighted by Gasteiger charge is -2.16. The summed E-state index contributed by atoms with van der Waals surface area (Å²) in [6.45, 7) is 2.30. The average molecular weight is 349 g/mol. The normalized spacial score (nSPS) is 10.8. The van der Waals surface area contributed by atoms with Crippen LogP contribution in [0.5, 0.6) is 0 Å². The maximum Gasteiger partial charge on any atom is 0.224 e. The Hall–Kier alpha value is -1.91. The van der Waals surface area contributed by atoms with Gasteiger partial charge in [0, 0.05) is 23.7 Å². The van der Waals surface area contributed by atoms with Crippen LogP contribution in [0, 0.1) is 5.82 Å². The van der Waals surface area contributed by atoms with Gasteiger partial charge in [-0.1, -0.05) is 48.0 Å². The molecule has 0 atom stereocenters. The van der Waals surface area contributed by atoms with Crippen molar-refractivity contribution in [3.8, 4) is 0 Å². The van der Waals surface area contributed by atoms with Crippen LogP contribution < -0.4 is 5.32 Å². The third kappa shape index (κ3) is 5.95. The lowest BCUT2D eigenvalue weighted by molar-refractivity contribution is -0.120. The van der Waals surface area contributed by atoms with E-state index in [1.807, 2.05) is 25.2 Å². The molecule has 3 nitrogen and oxygen atoms in total. The Bertz CT molecular complexity index is 643. The smallest absolute Gasteiger partial charge is 0.224 e. The SMILES string of the molecule is CN(CCCNC(=O)Cc1c(F)cccc1Cl)Cc1ccccc1. The number of hydrogen-bond acceptors (Lipinski definition) is 2. The summed E-state index contributed by atoms with van der Waals surface area (Å²) >= 11 is 5.93. The maximum atomic E-state index is 13.6. The van der Waals surface area contributed by atoms with Gasteiger partial charge in [-0.05, 0) is 37.7 Å². The first-order chi connectivity index (χ1) is 11.6. The van der Waals surface area contributed by atoms with Gasteiger partial charge in [0.2, 0.25) is 5.91 Å². The van der Waals surface area contributed by atoms with Crippen molar-refractivity contribution in [3.63, 3.8) is 0 Å². The molecule has 1 amide bonds. The molecule has 0 bridgehead atoms. The van der Waals surface area contributed by atoms with E-state index >= 15 is 0 Å².